The number of hydrogen-bond donors (Lipinski definition) is 2. The van der Waals surface area contributed by atoms with E-state index < -0.39 is 9.52 Å². The number of carbonyl (C=O) groups is 2. The molecule has 0 heterocycles. The van der Waals surface area contributed by atoms with E-state index in [1.54, 1.807) is 6.92 Å². The van der Waals surface area contributed by atoms with Crippen LogP contribution in [0.2, 0.25) is 12.1 Å². The van der Waals surface area contributed by atoms with Crippen molar-refractivity contribution in [2.24, 2.45) is 0 Å². The SMILES string of the molecule is CCCCNCCC[SiH2]CC(=O)ONC(=O)CC. The average Bonchev–Trinajstić information content (AvgIpc) is 2.39. The van der Waals surface area contributed by atoms with Crippen LogP contribution in [-0.2, 0) is 14.4 Å². The first kappa shape index (κ1) is 17.1. The van der Waals surface area contributed by atoms with Gasteiger partial charge in [-0.15, -0.1) is 0 Å². The minimum absolute atomic E-state index is 0.259. The highest BCUT2D eigenvalue weighted by Crippen LogP contribution is 1.93. The van der Waals surface area contributed by atoms with Crippen LogP contribution in [0.15, 0.2) is 0 Å². The van der Waals surface area contributed by atoms with E-state index in [2.05, 4.69) is 22.6 Å². The van der Waals surface area contributed by atoms with Crippen molar-refractivity contribution in [3.05, 3.63) is 0 Å². The first-order valence-electron chi connectivity index (χ1n) is 6.89. The summed E-state index contributed by atoms with van der Waals surface area (Å²) in [6, 6.07) is 1.63. The van der Waals surface area contributed by atoms with Gasteiger partial charge in [-0.1, -0.05) is 26.3 Å². The molecule has 5 nitrogen and oxygen atoms in total. The minimum atomic E-state index is -0.393. The molecular formula is C12H26N2O3Si. The van der Waals surface area contributed by atoms with Gasteiger partial charge in [0.2, 0.25) is 0 Å². The number of nitrogens with one attached hydrogen (secondary N) is 2. The quantitative estimate of drug-likeness (QED) is 0.350. The minimum Gasteiger partial charge on any atom is -0.341 e. The molecule has 0 aliphatic rings. The van der Waals surface area contributed by atoms with E-state index in [4.69, 9.17) is 0 Å². The maximum atomic E-state index is 11.2. The second-order valence-corrected chi connectivity index (χ2v) is 6.18. The Kier molecular flexibility index (Phi) is 12.0. The third-order valence-electron chi connectivity index (χ3n) is 2.54. The highest BCUT2D eigenvalue weighted by molar-refractivity contribution is 6.40. The van der Waals surface area contributed by atoms with Crippen LogP contribution in [0.3, 0.4) is 0 Å². The largest absolute Gasteiger partial charge is 0.341 e. The first-order chi connectivity index (χ1) is 8.70. The van der Waals surface area contributed by atoms with Gasteiger partial charge in [0, 0.05) is 22.0 Å². The highest BCUT2D eigenvalue weighted by Gasteiger charge is 2.05. The summed E-state index contributed by atoms with van der Waals surface area (Å²) in [6.45, 7) is 6.01. The maximum absolute atomic E-state index is 11.2. The van der Waals surface area contributed by atoms with Crippen molar-refractivity contribution in [3.8, 4) is 0 Å². The van der Waals surface area contributed by atoms with E-state index in [-0.39, 0.29) is 11.9 Å². The summed E-state index contributed by atoms with van der Waals surface area (Å²) in [7, 11) is -0.393. The summed E-state index contributed by atoms with van der Waals surface area (Å²) in [5, 5.41) is 3.37. The first-order valence-corrected chi connectivity index (χ1v) is 8.89. The van der Waals surface area contributed by atoms with Crippen molar-refractivity contribution >= 4 is 21.4 Å². The van der Waals surface area contributed by atoms with Crippen molar-refractivity contribution in [2.75, 3.05) is 13.1 Å². The Morgan fingerprint density at radius 2 is 1.89 bits per heavy atom. The molecule has 0 aliphatic carbocycles. The van der Waals surface area contributed by atoms with Gasteiger partial charge in [0.05, 0.1) is 0 Å². The fourth-order valence-electron chi connectivity index (χ4n) is 1.36. The monoisotopic (exact) mass is 274 g/mol. The van der Waals surface area contributed by atoms with Gasteiger partial charge in [0.1, 0.15) is 0 Å². The van der Waals surface area contributed by atoms with Gasteiger partial charge in [-0.2, -0.15) is 5.48 Å². The number of rotatable bonds is 10. The predicted octanol–water partition coefficient (Wildman–Crippen LogP) is 0.756. The van der Waals surface area contributed by atoms with Crippen LogP contribution in [0.1, 0.15) is 39.5 Å². The molecule has 0 bridgehead atoms. The highest BCUT2D eigenvalue weighted by atomic mass is 28.2. The Morgan fingerprint density at radius 1 is 1.17 bits per heavy atom. The van der Waals surface area contributed by atoms with Crippen LogP contribution in [-0.4, -0.2) is 34.5 Å². The summed E-state index contributed by atoms with van der Waals surface area (Å²) in [4.78, 5) is 26.7. The number of amides is 1. The molecule has 0 aromatic heterocycles. The average molecular weight is 274 g/mol. The number of carbonyl (C=O) groups excluding carboxylic acids is 2. The van der Waals surface area contributed by atoms with E-state index in [0.29, 0.717) is 12.5 Å². The van der Waals surface area contributed by atoms with Gasteiger partial charge in [-0.05, 0) is 25.9 Å². The zero-order chi connectivity index (χ0) is 13.6. The second-order valence-electron chi connectivity index (χ2n) is 4.27. The van der Waals surface area contributed by atoms with Crippen molar-refractivity contribution in [2.45, 2.75) is 51.6 Å². The number of unbranched alkanes of at least 4 members (excludes halogenated alkanes) is 1. The zero-order valence-corrected chi connectivity index (χ0v) is 13.0. The zero-order valence-electron chi connectivity index (χ0n) is 11.6. The third kappa shape index (κ3) is 11.6. The summed E-state index contributed by atoms with van der Waals surface area (Å²) in [6.07, 6.45) is 3.90. The molecule has 18 heavy (non-hydrogen) atoms. The Bertz CT molecular complexity index is 237. The molecule has 0 spiro atoms. The second kappa shape index (κ2) is 12.6. The lowest BCUT2D eigenvalue weighted by atomic mass is 10.3. The molecular weight excluding hydrogens is 248 g/mol. The molecule has 6 heteroatoms. The molecule has 0 radical (unpaired) electrons. The lowest BCUT2D eigenvalue weighted by molar-refractivity contribution is -0.155. The lowest BCUT2D eigenvalue weighted by Crippen LogP contribution is -2.26. The van der Waals surface area contributed by atoms with Crippen LogP contribution in [0.4, 0.5) is 0 Å². The molecule has 2 N–H and O–H groups in total. The van der Waals surface area contributed by atoms with Gasteiger partial charge in [0.25, 0.3) is 5.91 Å². The van der Waals surface area contributed by atoms with E-state index in [1.807, 2.05) is 0 Å². The molecule has 0 aliphatic heterocycles. The molecule has 0 saturated heterocycles. The Morgan fingerprint density at radius 3 is 2.56 bits per heavy atom. The Labute approximate surface area is 112 Å². The summed E-state index contributed by atoms with van der Waals surface area (Å²) in [5.74, 6) is -0.562. The molecule has 0 aromatic rings. The van der Waals surface area contributed by atoms with Crippen molar-refractivity contribution in [1.82, 2.24) is 10.8 Å². The lowest BCUT2D eigenvalue weighted by Gasteiger charge is -2.04. The number of hydroxylamine groups is 1. The molecule has 0 saturated carbocycles. The maximum Gasteiger partial charge on any atom is 0.329 e. The normalized spacial score (nSPS) is 10.8. The molecule has 1 amide bonds. The molecule has 0 fully saturated rings. The Balaban J connectivity index is 3.22. The Hall–Kier alpha value is -0.883. The van der Waals surface area contributed by atoms with Crippen LogP contribution in [0.5, 0.6) is 0 Å². The standard InChI is InChI=1S/C12H26N2O3Si/c1-3-5-7-13-8-6-9-18-10-12(16)17-14-11(15)4-2/h13H,3-10,18H2,1-2H3,(H,14,15). The molecule has 0 atom stereocenters. The fourth-order valence-corrected chi connectivity index (χ4v) is 2.60. The van der Waals surface area contributed by atoms with Crippen molar-refractivity contribution in [1.29, 1.82) is 0 Å². The third-order valence-corrected chi connectivity index (χ3v) is 4.30. The van der Waals surface area contributed by atoms with Crippen LogP contribution < -0.4 is 10.8 Å². The van der Waals surface area contributed by atoms with Gasteiger partial charge < -0.3 is 10.2 Å². The van der Waals surface area contributed by atoms with Crippen molar-refractivity contribution in [3.63, 3.8) is 0 Å². The van der Waals surface area contributed by atoms with Crippen LogP contribution in [0.25, 0.3) is 0 Å². The molecule has 0 aromatic carbocycles. The molecule has 106 valence electrons. The smallest absolute Gasteiger partial charge is 0.329 e. The fraction of sp³-hybridized carbons (Fsp3) is 0.833. The summed E-state index contributed by atoms with van der Waals surface area (Å²) >= 11 is 0. The molecule has 0 unspecified atom stereocenters. The van der Waals surface area contributed by atoms with Gasteiger partial charge >= 0.3 is 5.97 Å². The van der Waals surface area contributed by atoms with E-state index in [9.17, 15) is 9.59 Å². The number of hydrogen-bond acceptors (Lipinski definition) is 4. The van der Waals surface area contributed by atoms with E-state index >= 15 is 0 Å². The topological polar surface area (TPSA) is 67.4 Å². The van der Waals surface area contributed by atoms with Gasteiger partial charge in [-0.25, -0.2) is 0 Å². The van der Waals surface area contributed by atoms with Crippen LogP contribution >= 0.6 is 0 Å². The molecule has 0 rings (SSSR count). The van der Waals surface area contributed by atoms with E-state index in [1.165, 1.54) is 12.8 Å². The summed E-state index contributed by atoms with van der Waals surface area (Å²) < 4.78 is 0. The van der Waals surface area contributed by atoms with Gasteiger partial charge in [0.15, 0.2) is 0 Å². The van der Waals surface area contributed by atoms with Crippen LogP contribution in [0, 0.1) is 0 Å². The van der Waals surface area contributed by atoms with Crippen molar-refractivity contribution < 1.29 is 14.4 Å². The predicted molar refractivity (Wildman–Crippen MR) is 75.1 cm³/mol. The van der Waals surface area contributed by atoms with Gasteiger partial charge in [-0.3, -0.25) is 9.59 Å². The van der Waals surface area contributed by atoms with E-state index in [0.717, 1.165) is 25.6 Å². The summed E-state index contributed by atoms with van der Waals surface area (Å²) in [5.41, 5.74) is 2.13.